The van der Waals surface area contributed by atoms with Crippen molar-refractivity contribution in [1.29, 1.82) is 0 Å². The summed E-state index contributed by atoms with van der Waals surface area (Å²) in [5.41, 5.74) is 2.48. The first kappa shape index (κ1) is 16.0. The Morgan fingerprint density at radius 3 is 3.00 bits per heavy atom. The van der Waals surface area contributed by atoms with Crippen LogP contribution in [0.3, 0.4) is 0 Å². The SMILES string of the molecule is Cc1ccc(-c2cc(C(=O)N3CCCC[C@@H]3c3cccnc3)n[nH]2)s1. The van der Waals surface area contributed by atoms with E-state index in [2.05, 4.69) is 34.2 Å². The van der Waals surface area contributed by atoms with Gasteiger partial charge in [0.2, 0.25) is 0 Å². The average Bonchev–Trinajstić information content (AvgIpc) is 3.31. The number of piperidine rings is 1. The van der Waals surface area contributed by atoms with Gasteiger partial charge >= 0.3 is 0 Å². The van der Waals surface area contributed by atoms with Crippen molar-refractivity contribution in [2.45, 2.75) is 32.2 Å². The standard InChI is InChI=1S/C19H20N4OS/c1-13-7-8-18(25-13)15-11-16(22-21-15)19(24)23-10-3-2-6-17(23)14-5-4-9-20-12-14/h4-5,7-9,11-12,17H,2-3,6,10H2,1H3,(H,21,22)/t17-/m1/s1. The van der Waals surface area contributed by atoms with E-state index in [1.54, 1.807) is 17.5 Å². The smallest absolute Gasteiger partial charge is 0.274 e. The van der Waals surface area contributed by atoms with E-state index in [1.807, 2.05) is 29.3 Å². The molecule has 0 saturated carbocycles. The average molecular weight is 352 g/mol. The van der Waals surface area contributed by atoms with Gasteiger partial charge in [0.25, 0.3) is 5.91 Å². The van der Waals surface area contributed by atoms with Gasteiger partial charge in [-0.1, -0.05) is 6.07 Å². The van der Waals surface area contributed by atoms with Crippen LogP contribution < -0.4 is 0 Å². The first-order valence-electron chi connectivity index (χ1n) is 8.55. The van der Waals surface area contributed by atoms with Gasteiger partial charge in [0.1, 0.15) is 0 Å². The number of H-pyrrole nitrogens is 1. The molecule has 0 radical (unpaired) electrons. The van der Waals surface area contributed by atoms with Crippen molar-refractivity contribution in [3.8, 4) is 10.6 Å². The van der Waals surface area contributed by atoms with Crippen LogP contribution >= 0.6 is 11.3 Å². The number of thiophene rings is 1. The molecule has 1 fully saturated rings. The lowest BCUT2D eigenvalue weighted by Gasteiger charge is -2.35. The van der Waals surface area contributed by atoms with Gasteiger partial charge in [-0.05, 0) is 56.0 Å². The molecule has 0 aliphatic carbocycles. The number of carbonyl (C=O) groups excluding carboxylic acids is 1. The highest BCUT2D eigenvalue weighted by molar-refractivity contribution is 7.15. The van der Waals surface area contributed by atoms with E-state index in [0.29, 0.717) is 5.69 Å². The molecule has 0 unspecified atom stereocenters. The molecule has 1 amide bonds. The van der Waals surface area contributed by atoms with Gasteiger partial charge in [0, 0.05) is 23.8 Å². The number of amides is 1. The number of hydrogen-bond donors (Lipinski definition) is 1. The summed E-state index contributed by atoms with van der Waals surface area (Å²) in [4.78, 5) is 21.6. The number of rotatable bonds is 3. The summed E-state index contributed by atoms with van der Waals surface area (Å²) in [7, 11) is 0. The van der Waals surface area contributed by atoms with Crippen molar-refractivity contribution in [2.24, 2.45) is 0 Å². The molecule has 0 bridgehead atoms. The van der Waals surface area contributed by atoms with E-state index in [1.165, 1.54) is 4.88 Å². The zero-order chi connectivity index (χ0) is 17.2. The molecular formula is C19H20N4OS. The maximum Gasteiger partial charge on any atom is 0.274 e. The quantitative estimate of drug-likeness (QED) is 0.768. The Balaban J connectivity index is 1.60. The van der Waals surface area contributed by atoms with Gasteiger partial charge in [-0.15, -0.1) is 11.3 Å². The zero-order valence-electron chi connectivity index (χ0n) is 14.1. The summed E-state index contributed by atoms with van der Waals surface area (Å²) in [6.07, 6.45) is 6.76. The highest BCUT2D eigenvalue weighted by Gasteiger charge is 2.30. The predicted molar refractivity (Wildman–Crippen MR) is 98.5 cm³/mol. The fraction of sp³-hybridized carbons (Fsp3) is 0.316. The van der Waals surface area contributed by atoms with Crippen molar-refractivity contribution >= 4 is 17.2 Å². The number of aromatic amines is 1. The summed E-state index contributed by atoms with van der Waals surface area (Å²) in [5.74, 6) is -0.00988. The number of likely N-dealkylation sites (tertiary alicyclic amines) is 1. The monoisotopic (exact) mass is 352 g/mol. The van der Waals surface area contributed by atoms with Crippen LogP contribution in [0.1, 0.15) is 46.2 Å². The first-order chi connectivity index (χ1) is 12.2. The van der Waals surface area contributed by atoms with Crippen molar-refractivity contribution in [3.05, 3.63) is 58.9 Å². The third kappa shape index (κ3) is 3.22. The molecule has 128 valence electrons. The molecule has 1 saturated heterocycles. The number of hydrogen-bond acceptors (Lipinski definition) is 4. The maximum atomic E-state index is 13.1. The van der Waals surface area contributed by atoms with Crippen LogP contribution in [0, 0.1) is 6.92 Å². The van der Waals surface area contributed by atoms with Gasteiger partial charge in [-0.2, -0.15) is 5.10 Å². The number of pyridine rings is 1. The first-order valence-corrected chi connectivity index (χ1v) is 9.37. The summed E-state index contributed by atoms with van der Waals surface area (Å²) < 4.78 is 0. The van der Waals surface area contributed by atoms with Crippen LogP contribution in [0.4, 0.5) is 0 Å². The number of nitrogens with zero attached hydrogens (tertiary/aromatic N) is 3. The normalized spacial score (nSPS) is 17.6. The van der Waals surface area contributed by atoms with E-state index in [9.17, 15) is 4.79 Å². The number of aromatic nitrogens is 3. The molecule has 25 heavy (non-hydrogen) atoms. The summed E-state index contributed by atoms with van der Waals surface area (Å²) in [6, 6.07) is 10.1. The summed E-state index contributed by atoms with van der Waals surface area (Å²) in [5, 5.41) is 7.29. The van der Waals surface area contributed by atoms with Crippen molar-refractivity contribution in [1.82, 2.24) is 20.1 Å². The lowest BCUT2D eigenvalue weighted by Crippen LogP contribution is -2.38. The van der Waals surface area contributed by atoms with Gasteiger partial charge in [-0.3, -0.25) is 14.9 Å². The number of nitrogens with one attached hydrogen (secondary N) is 1. The molecule has 0 aromatic carbocycles. The minimum Gasteiger partial charge on any atom is -0.330 e. The minimum atomic E-state index is -0.00988. The second kappa shape index (κ2) is 6.80. The molecule has 6 heteroatoms. The van der Waals surface area contributed by atoms with Crippen LogP contribution in [0.25, 0.3) is 10.6 Å². The second-order valence-corrected chi connectivity index (χ2v) is 7.66. The molecule has 4 heterocycles. The van der Waals surface area contributed by atoms with Gasteiger partial charge in [-0.25, -0.2) is 0 Å². The fourth-order valence-corrected chi connectivity index (χ4v) is 4.21. The van der Waals surface area contributed by atoms with E-state index in [-0.39, 0.29) is 11.9 Å². The third-order valence-corrected chi connectivity index (χ3v) is 5.67. The lowest BCUT2D eigenvalue weighted by molar-refractivity contribution is 0.0605. The van der Waals surface area contributed by atoms with Gasteiger partial charge < -0.3 is 4.90 Å². The minimum absolute atomic E-state index is 0.00988. The van der Waals surface area contributed by atoms with Crippen molar-refractivity contribution in [2.75, 3.05) is 6.54 Å². The van der Waals surface area contributed by atoms with Gasteiger partial charge in [0.05, 0.1) is 16.6 Å². The highest BCUT2D eigenvalue weighted by atomic mass is 32.1. The Labute approximate surface area is 150 Å². The van der Waals surface area contributed by atoms with Gasteiger partial charge in [0.15, 0.2) is 5.69 Å². The van der Waals surface area contributed by atoms with Crippen molar-refractivity contribution in [3.63, 3.8) is 0 Å². The predicted octanol–water partition coefficient (Wildman–Crippen LogP) is 4.21. The molecule has 1 atom stereocenters. The third-order valence-electron chi connectivity index (χ3n) is 4.64. The fourth-order valence-electron chi connectivity index (χ4n) is 3.38. The summed E-state index contributed by atoms with van der Waals surface area (Å²) in [6.45, 7) is 2.83. The van der Waals surface area contributed by atoms with Crippen LogP contribution in [0.5, 0.6) is 0 Å². The molecule has 1 aliphatic heterocycles. The molecule has 1 aliphatic rings. The van der Waals surface area contributed by atoms with Crippen LogP contribution in [0.2, 0.25) is 0 Å². The molecule has 4 rings (SSSR count). The Morgan fingerprint density at radius 1 is 1.32 bits per heavy atom. The Morgan fingerprint density at radius 2 is 2.24 bits per heavy atom. The Bertz CT molecular complexity index is 870. The second-order valence-electron chi connectivity index (χ2n) is 6.37. The Hall–Kier alpha value is -2.47. The molecule has 3 aromatic rings. The maximum absolute atomic E-state index is 13.1. The highest BCUT2D eigenvalue weighted by Crippen LogP contribution is 2.32. The Kier molecular flexibility index (Phi) is 4.36. The van der Waals surface area contributed by atoms with Crippen LogP contribution in [-0.4, -0.2) is 32.5 Å². The zero-order valence-corrected chi connectivity index (χ0v) is 14.9. The van der Waals surface area contributed by atoms with Crippen LogP contribution in [0.15, 0.2) is 42.7 Å². The molecule has 3 aromatic heterocycles. The summed E-state index contributed by atoms with van der Waals surface area (Å²) >= 11 is 1.69. The number of carbonyl (C=O) groups is 1. The molecular weight excluding hydrogens is 332 g/mol. The van der Waals surface area contributed by atoms with E-state index < -0.39 is 0 Å². The topological polar surface area (TPSA) is 61.9 Å². The molecule has 1 N–H and O–H groups in total. The van der Waals surface area contributed by atoms with Crippen LogP contribution in [-0.2, 0) is 0 Å². The molecule has 0 spiro atoms. The van der Waals surface area contributed by atoms with E-state index in [4.69, 9.17) is 0 Å². The lowest BCUT2D eigenvalue weighted by atomic mass is 9.96. The van der Waals surface area contributed by atoms with E-state index in [0.717, 1.165) is 41.9 Å². The molecule has 5 nitrogen and oxygen atoms in total. The van der Waals surface area contributed by atoms with Crippen molar-refractivity contribution < 1.29 is 4.79 Å². The number of aryl methyl sites for hydroxylation is 1. The van der Waals surface area contributed by atoms with E-state index >= 15 is 0 Å². The largest absolute Gasteiger partial charge is 0.330 e.